The van der Waals surface area contributed by atoms with Gasteiger partial charge in [0.05, 0.1) is 5.92 Å². The minimum absolute atomic E-state index is 0.0705. The van der Waals surface area contributed by atoms with Gasteiger partial charge in [-0.1, -0.05) is 19.3 Å². The van der Waals surface area contributed by atoms with Crippen LogP contribution in [0.5, 0.6) is 0 Å². The molecule has 3 rings (SSSR count). The first-order valence-electron chi connectivity index (χ1n) is 8.62. The van der Waals surface area contributed by atoms with Crippen LogP contribution in [0.15, 0.2) is 18.5 Å². The molecule has 1 saturated carbocycles. The van der Waals surface area contributed by atoms with Crippen molar-refractivity contribution < 1.29 is 4.79 Å². The average Bonchev–Trinajstić information content (AvgIpc) is 2.61. The molecule has 1 saturated heterocycles. The zero-order chi connectivity index (χ0) is 15.2. The maximum atomic E-state index is 12.4. The number of piperidine rings is 1. The van der Waals surface area contributed by atoms with Crippen LogP contribution in [-0.2, 0) is 4.79 Å². The van der Waals surface area contributed by atoms with E-state index in [9.17, 15) is 4.79 Å². The summed E-state index contributed by atoms with van der Waals surface area (Å²) in [7, 11) is 0. The summed E-state index contributed by atoms with van der Waals surface area (Å²) in [6, 6.07) is 1.82. The van der Waals surface area contributed by atoms with Crippen molar-refractivity contribution in [2.24, 2.45) is 11.8 Å². The van der Waals surface area contributed by atoms with Gasteiger partial charge < -0.3 is 10.2 Å². The molecule has 2 fully saturated rings. The van der Waals surface area contributed by atoms with Gasteiger partial charge in [-0.05, 0) is 37.7 Å². The van der Waals surface area contributed by atoms with Gasteiger partial charge >= 0.3 is 0 Å². The molecule has 22 heavy (non-hydrogen) atoms. The van der Waals surface area contributed by atoms with E-state index in [1.807, 2.05) is 6.07 Å². The summed E-state index contributed by atoms with van der Waals surface area (Å²) in [6.45, 7) is 2.54. The van der Waals surface area contributed by atoms with Gasteiger partial charge in [-0.25, -0.2) is 9.97 Å². The van der Waals surface area contributed by atoms with Crippen LogP contribution in [0.3, 0.4) is 0 Å². The minimum Gasteiger partial charge on any atom is -0.356 e. The number of nitrogens with one attached hydrogen (secondary N) is 1. The molecule has 1 N–H and O–H groups in total. The summed E-state index contributed by atoms with van der Waals surface area (Å²) in [5, 5.41) is 3.19. The van der Waals surface area contributed by atoms with Crippen molar-refractivity contribution in [3.63, 3.8) is 0 Å². The van der Waals surface area contributed by atoms with E-state index in [1.165, 1.54) is 32.1 Å². The molecule has 5 heteroatoms. The molecule has 1 amide bonds. The van der Waals surface area contributed by atoms with Gasteiger partial charge in [0.25, 0.3) is 0 Å². The molecule has 1 aliphatic carbocycles. The van der Waals surface area contributed by atoms with Gasteiger partial charge in [0.2, 0.25) is 11.9 Å². The predicted octanol–water partition coefficient (Wildman–Crippen LogP) is 2.39. The smallest absolute Gasteiger partial charge is 0.225 e. The second kappa shape index (κ2) is 7.56. The lowest BCUT2D eigenvalue weighted by molar-refractivity contribution is -0.125. The molecule has 1 atom stereocenters. The molecule has 5 nitrogen and oxygen atoms in total. The number of nitrogens with zero attached hydrogens (tertiary/aromatic N) is 3. The Morgan fingerprint density at radius 1 is 1.14 bits per heavy atom. The normalized spacial score (nSPS) is 23.3. The zero-order valence-electron chi connectivity index (χ0n) is 13.2. The molecule has 1 aliphatic heterocycles. The van der Waals surface area contributed by atoms with Crippen LogP contribution in [0, 0.1) is 11.8 Å². The first kappa shape index (κ1) is 15.3. The Morgan fingerprint density at radius 2 is 1.91 bits per heavy atom. The van der Waals surface area contributed by atoms with E-state index >= 15 is 0 Å². The third kappa shape index (κ3) is 3.96. The summed E-state index contributed by atoms with van der Waals surface area (Å²) in [5.74, 6) is 1.72. The Bertz CT molecular complexity index is 473. The maximum Gasteiger partial charge on any atom is 0.225 e. The Kier molecular flexibility index (Phi) is 5.24. The Hall–Kier alpha value is -1.65. The van der Waals surface area contributed by atoms with Crippen molar-refractivity contribution in [1.82, 2.24) is 15.3 Å². The fraction of sp³-hybridized carbons (Fsp3) is 0.706. The highest BCUT2D eigenvalue weighted by Crippen LogP contribution is 2.24. The van der Waals surface area contributed by atoms with E-state index in [-0.39, 0.29) is 11.8 Å². The average molecular weight is 302 g/mol. The van der Waals surface area contributed by atoms with Crippen LogP contribution in [-0.4, -0.2) is 35.5 Å². The Morgan fingerprint density at radius 3 is 2.68 bits per heavy atom. The fourth-order valence-electron chi connectivity index (χ4n) is 3.61. The van der Waals surface area contributed by atoms with Crippen molar-refractivity contribution in [2.75, 3.05) is 24.5 Å². The van der Waals surface area contributed by atoms with Crippen molar-refractivity contribution in [3.8, 4) is 0 Å². The summed E-state index contributed by atoms with van der Waals surface area (Å²) in [5.41, 5.74) is 0. The number of anilines is 1. The number of aromatic nitrogens is 2. The molecule has 2 aliphatic rings. The molecular formula is C17H26N4O. The monoisotopic (exact) mass is 302 g/mol. The molecular weight excluding hydrogens is 276 g/mol. The lowest BCUT2D eigenvalue weighted by atomic mass is 9.89. The van der Waals surface area contributed by atoms with Crippen LogP contribution in [0.2, 0.25) is 0 Å². The van der Waals surface area contributed by atoms with Crippen LogP contribution < -0.4 is 10.2 Å². The minimum atomic E-state index is 0.0705. The van der Waals surface area contributed by atoms with E-state index in [2.05, 4.69) is 20.2 Å². The standard InChI is InChI=1S/C17H26N4O/c22-16(20-12-14-6-2-1-3-7-14)15-8-4-11-21(13-15)17-18-9-5-10-19-17/h5,9-10,14-15H,1-4,6-8,11-13H2,(H,20,22). The molecule has 1 aromatic heterocycles. The van der Waals surface area contributed by atoms with Gasteiger partial charge in [0.1, 0.15) is 0 Å². The van der Waals surface area contributed by atoms with Crippen LogP contribution in [0.1, 0.15) is 44.9 Å². The first-order chi connectivity index (χ1) is 10.8. The summed E-state index contributed by atoms with van der Waals surface area (Å²) >= 11 is 0. The quantitative estimate of drug-likeness (QED) is 0.928. The Labute approximate surface area is 132 Å². The molecule has 1 aromatic rings. The van der Waals surface area contributed by atoms with E-state index < -0.39 is 0 Å². The fourth-order valence-corrected chi connectivity index (χ4v) is 3.61. The molecule has 0 radical (unpaired) electrons. The van der Waals surface area contributed by atoms with Gasteiger partial charge in [0, 0.05) is 32.0 Å². The van der Waals surface area contributed by atoms with Gasteiger partial charge in [-0.2, -0.15) is 0 Å². The number of carbonyl (C=O) groups is 1. The SMILES string of the molecule is O=C(NCC1CCCCC1)C1CCCN(c2ncccn2)C1. The van der Waals surface area contributed by atoms with Gasteiger partial charge in [-0.15, -0.1) is 0 Å². The second-order valence-corrected chi connectivity index (χ2v) is 6.58. The highest BCUT2D eigenvalue weighted by Gasteiger charge is 2.27. The maximum absolute atomic E-state index is 12.4. The van der Waals surface area contributed by atoms with E-state index in [4.69, 9.17) is 0 Å². The predicted molar refractivity (Wildman–Crippen MR) is 86.6 cm³/mol. The number of hydrogen-bond donors (Lipinski definition) is 1. The summed E-state index contributed by atoms with van der Waals surface area (Å²) < 4.78 is 0. The van der Waals surface area contributed by atoms with Crippen molar-refractivity contribution in [3.05, 3.63) is 18.5 Å². The highest BCUT2D eigenvalue weighted by atomic mass is 16.1. The lowest BCUT2D eigenvalue weighted by Gasteiger charge is -2.32. The Balaban J connectivity index is 1.49. The van der Waals surface area contributed by atoms with Crippen LogP contribution in [0.4, 0.5) is 5.95 Å². The van der Waals surface area contributed by atoms with Crippen LogP contribution >= 0.6 is 0 Å². The van der Waals surface area contributed by atoms with Crippen molar-refractivity contribution in [2.45, 2.75) is 44.9 Å². The first-order valence-corrected chi connectivity index (χ1v) is 8.62. The topological polar surface area (TPSA) is 58.1 Å². The number of amides is 1. The third-order valence-electron chi connectivity index (χ3n) is 4.92. The lowest BCUT2D eigenvalue weighted by Crippen LogP contribution is -2.44. The zero-order valence-corrected chi connectivity index (χ0v) is 13.2. The van der Waals surface area contributed by atoms with E-state index in [0.29, 0.717) is 5.92 Å². The molecule has 0 spiro atoms. The van der Waals surface area contributed by atoms with E-state index in [0.717, 1.165) is 38.4 Å². The molecule has 0 bridgehead atoms. The van der Waals surface area contributed by atoms with Crippen molar-refractivity contribution >= 4 is 11.9 Å². The largest absolute Gasteiger partial charge is 0.356 e. The molecule has 120 valence electrons. The third-order valence-corrected chi connectivity index (χ3v) is 4.92. The van der Waals surface area contributed by atoms with Gasteiger partial charge in [-0.3, -0.25) is 4.79 Å². The molecule has 2 heterocycles. The molecule has 0 aromatic carbocycles. The highest BCUT2D eigenvalue weighted by molar-refractivity contribution is 5.79. The molecule has 1 unspecified atom stereocenters. The van der Waals surface area contributed by atoms with Crippen LogP contribution in [0.25, 0.3) is 0 Å². The van der Waals surface area contributed by atoms with E-state index in [1.54, 1.807) is 12.4 Å². The summed E-state index contributed by atoms with van der Waals surface area (Å²) in [4.78, 5) is 23.2. The summed E-state index contributed by atoms with van der Waals surface area (Å²) in [6.07, 6.45) is 12.1. The second-order valence-electron chi connectivity index (χ2n) is 6.58. The van der Waals surface area contributed by atoms with Gasteiger partial charge in [0.15, 0.2) is 0 Å². The number of hydrogen-bond acceptors (Lipinski definition) is 4. The number of rotatable bonds is 4. The van der Waals surface area contributed by atoms with Crippen molar-refractivity contribution in [1.29, 1.82) is 0 Å². The number of carbonyl (C=O) groups excluding carboxylic acids is 1.